The van der Waals surface area contributed by atoms with Crippen molar-refractivity contribution in [2.75, 3.05) is 13.2 Å². The summed E-state index contributed by atoms with van der Waals surface area (Å²) >= 11 is 0. The van der Waals surface area contributed by atoms with Crippen LogP contribution in [0.4, 0.5) is 0 Å². The zero-order chi connectivity index (χ0) is 8.66. The second kappa shape index (κ2) is 3.73. The number of ether oxygens (including phenoxy) is 2. The van der Waals surface area contributed by atoms with E-state index in [0.717, 1.165) is 32.3 Å². The maximum Gasteiger partial charge on any atom is 0.186 e. The number of nitrogens with two attached hydrogens (primary N) is 1. The lowest BCUT2D eigenvalue weighted by atomic mass is 9.92. The van der Waals surface area contributed by atoms with Crippen molar-refractivity contribution in [3.05, 3.63) is 0 Å². The maximum absolute atomic E-state index is 6.24. The molecule has 0 aromatic heterocycles. The van der Waals surface area contributed by atoms with Crippen LogP contribution in [-0.2, 0) is 9.47 Å². The third-order valence-electron chi connectivity index (χ3n) is 3.15. The average molecular weight is 208 g/mol. The molecule has 2 fully saturated rings. The van der Waals surface area contributed by atoms with Gasteiger partial charge in [-0.25, -0.2) is 0 Å². The Bertz CT molecular complexity index is 176. The molecule has 1 aliphatic heterocycles. The molecular weight excluding hydrogens is 190 g/mol. The van der Waals surface area contributed by atoms with E-state index in [9.17, 15) is 0 Å². The molecule has 0 radical (unpaired) electrons. The molecule has 3 nitrogen and oxygen atoms in total. The molecule has 0 amide bonds. The molecule has 2 N–H and O–H groups in total. The Morgan fingerprint density at radius 2 is 2.15 bits per heavy atom. The molecule has 0 unspecified atom stereocenters. The number of rotatable bonds is 2. The summed E-state index contributed by atoms with van der Waals surface area (Å²) < 4.78 is 11.3. The summed E-state index contributed by atoms with van der Waals surface area (Å²) in [5.41, 5.74) is 6.04. The second-order valence-electron chi connectivity index (χ2n) is 3.79. The van der Waals surface area contributed by atoms with Gasteiger partial charge < -0.3 is 15.2 Å². The van der Waals surface area contributed by atoms with Gasteiger partial charge in [0, 0.05) is 13.0 Å². The molecule has 0 aromatic rings. The molecule has 2 rings (SSSR count). The van der Waals surface area contributed by atoms with Crippen LogP contribution < -0.4 is 5.73 Å². The van der Waals surface area contributed by atoms with Crippen molar-refractivity contribution in [2.24, 2.45) is 5.73 Å². The Morgan fingerprint density at radius 1 is 1.38 bits per heavy atom. The number of hydrogen-bond donors (Lipinski definition) is 1. The van der Waals surface area contributed by atoms with Gasteiger partial charge in [0.15, 0.2) is 5.79 Å². The molecule has 2 aliphatic rings. The molecular formula is C9H18ClNO2. The number of hydrogen-bond acceptors (Lipinski definition) is 3. The second-order valence-corrected chi connectivity index (χ2v) is 3.79. The largest absolute Gasteiger partial charge is 0.348 e. The zero-order valence-electron chi connectivity index (χ0n) is 8.04. The summed E-state index contributed by atoms with van der Waals surface area (Å²) in [4.78, 5) is 0. The van der Waals surface area contributed by atoms with E-state index in [1.54, 1.807) is 0 Å². The predicted molar refractivity (Wildman–Crippen MR) is 52.9 cm³/mol. The van der Waals surface area contributed by atoms with Crippen LogP contribution in [0.5, 0.6) is 0 Å². The van der Waals surface area contributed by atoms with E-state index in [0.29, 0.717) is 6.61 Å². The van der Waals surface area contributed by atoms with Crippen molar-refractivity contribution < 1.29 is 9.47 Å². The van der Waals surface area contributed by atoms with Gasteiger partial charge in [0.1, 0.15) is 0 Å². The molecule has 1 heterocycles. The van der Waals surface area contributed by atoms with E-state index >= 15 is 0 Å². The summed E-state index contributed by atoms with van der Waals surface area (Å²) in [6.07, 6.45) is 4.11. The first-order valence-corrected chi connectivity index (χ1v) is 4.79. The molecule has 2 atom stereocenters. The van der Waals surface area contributed by atoms with Crippen LogP contribution >= 0.6 is 12.4 Å². The van der Waals surface area contributed by atoms with Gasteiger partial charge in [0.2, 0.25) is 0 Å². The van der Waals surface area contributed by atoms with E-state index < -0.39 is 5.79 Å². The molecule has 0 aromatic carbocycles. The standard InChI is InChI=1S/C9H17NO2.ClH/c1-2-11-9-5-3-4-8(9,10)6-7-12-9;/h2-7,10H2,1H3;1H/t8-,9+;/m1./s1. The Labute approximate surface area is 85.4 Å². The molecule has 4 heteroatoms. The molecule has 78 valence electrons. The lowest BCUT2D eigenvalue weighted by Gasteiger charge is -2.35. The quantitative estimate of drug-likeness (QED) is 0.746. The van der Waals surface area contributed by atoms with Crippen LogP contribution in [0.1, 0.15) is 32.6 Å². The fourth-order valence-corrected chi connectivity index (χ4v) is 2.50. The van der Waals surface area contributed by atoms with Crippen molar-refractivity contribution in [3.63, 3.8) is 0 Å². The summed E-state index contributed by atoms with van der Waals surface area (Å²) in [5, 5.41) is 0. The van der Waals surface area contributed by atoms with Crippen LogP contribution in [0.2, 0.25) is 0 Å². The average Bonchev–Trinajstić information content (AvgIpc) is 2.42. The minimum atomic E-state index is -0.429. The van der Waals surface area contributed by atoms with E-state index in [2.05, 4.69) is 0 Å². The monoisotopic (exact) mass is 207 g/mol. The lowest BCUT2D eigenvalue weighted by molar-refractivity contribution is -0.223. The molecule has 1 aliphatic carbocycles. The third-order valence-corrected chi connectivity index (χ3v) is 3.15. The fourth-order valence-electron chi connectivity index (χ4n) is 2.50. The highest BCUT2D eigenvalue weighted by Crippen LogP contribution is 2.47. The zero-order valence-corrected chi connectivity index (χ0v) is 8.86. The minimum Gasteiger partial charge on any atom is -0.348 e. The summed E-state index contributed by atoms with van der Waals surface area (Å²) in [6.45, 7) is 3.45. The lowest BCUT2D eigenvalue weighted by Crippen LogP contribution is -2.55. The van der Waals surface area contributed by atoms with Crippen molar-refractivity contribution in [1.82, 2.24) is 0 Å². The van der Waals surface area contributed by atoms with Gasteiger partial charge in [-0.3, -0.25) is 0 Å². The fraction of sp³-hybridized carbons (Fsp3) is 1.00. The minimum absolute atomic E-state index is 0. The summed E-state index contributed by atoms with van der Waals surface area (Å²) in [7, 11) is 0. The highest BCUT2D eigenvalue weighted by Gasteiger charge is 2.58. The summed E-state index contributed by atoms with van der Waals surface area (Å²) in [6, 6.07) is 0. The van der Waals surface area contributed by atoms with Gasteiger partial charge in [-0.2, -0.15) is 0 Å². The van der Waals surface area contributed by atoms with Crippen molar-refractivity contribution in [3.8, 4) is 0 Å². The number of fused-ring (bicyclic) bond motifs is 1. The van der Waals surface area contributed by atoms with Crippen molar-refractivity contribution >= 4 is 12.4 Å². The van der Waals surface area contributed by atoms with Gasteiger partial charge in [-0.05, 0) is 26.2 Å². The first-order chi connectivity index (χ1) is 5.72. The van der Waals surface area contributed by atoms with E-state index in [1.807, 2.05) is 6.92 Å². The smallest absolute Gasteiger partial charge is 0.186 e. The molecule has 0 bridgehead atoms. The van der Waals surface area contributed by atoms with Gasteiger partial charge in [0.25, 0.3) is 0 Å². The Hall–Kier alpha value is 0.170. The van der Waals surface area contributed by atoms with Crippen LogP contribution in [0.15, 0.2) is 0 Å². The van der Waals surface area contributed by atoms with Gasteiger partial charge in [0.05, 0.1) is 12.1 Å². The Kier molecular flexibility index (Phi) is 3.23. The highest BCUT2D eigenvalue weighted by molar-refractivity contribution is 5.85. The van der Waals surface area contributed by atoms with Gasteiger partial charge >= 0.3 is 0 Å². The van der Waals surface area contributed by atoms with Crippen molar-refractivity contribution in [2.45, 2.75) is 43.9 Å². The molecule has 0 spiro atoms. The van der Waals surface area contributed by atoms with E-state index in [-0.39, 0.29) is 17.9 Å². The summed E-state index contributed by atoms with van der Waals surface area (Å²) in [5.74, 6) is -0.429. The van der Waals surface area contributed by atoms with Gasteiger partial charge in [-0.1, -0.05) is 0 Å². The first kappa shape index (κ1) is 11.2. The molecule has 1 saturated heterocycles. The topological polar surface area (TPSA) is 44.5 Å². The third kappa shape index (κ3) is 1.48. The van der Waals surface area contributed by atoms with E-state index in [4.69, 9.17) is 15.2 Å². The predicted octanol–water partition coefficient (Wildman–Crippen LogP) is 1.44. The van der Waals surface area contributed by atoms with Crippen molar-refractivity contribution in [1.29, 1.82) is 0 Å². The normalized spacial score (nSPS) is 42.9. The Morgan fingerprint density at radius 3 is 2.85 bits per heavy atom. The van der Waals surface area contributed by atoms with Crippen LogP contribution in [0, 0.1) is 0 Å². The molecule has 1 saturated carbocycles. The van der Waals surface area contributed by atoms with Crippen LogP contribution in [0.3, 0.4) is 0 Å². The highest BCUT2D eigenvalue weighted by atomic mass is 35.5. The first-order valence-electron chi connectivity index (χ1n) is 4.79. The Balaban J connectivity index is 0.000000845. The number of halogens is 1. The van der Waals surface area contributed by atoms with Crippen LogP contribution in [-0.4, -0.2) is 24.5 Å². The molecule has 13 heavy (non-hydrogen) atoms. The van der Waals surface area contributed by atoms with E-state index in [1.165, 1.54) is 0 Å². The SMILES string of the molecule is CCO[C@]12CCC[C@@]1(N)CCO2.Cl. The maximum atomic E-state index is 6.24. The van der Waals surface area contributed by atoms with Crippen LogP contribution in [0.25, 0.3) is 0 Å². The van der Waals surface area contributed by atoms with Gasteiger partial charge in [-0.15, -0.1) is 12.4 Å².